The highest BCUT2D eigenvalue weighted by Crippen LogP contribution is 2.20. The summed E-state index contributed by atoms with van der Waals surface area (Å²) in [6, 6.07) is 11.0. The molecule has 0 aliphatic carbocycles. The molecule has 2 rings (SSSR count). The number of hydrogen-bond acceptors (Lipinski definition) is 2. The van der Waals surface area contributed by atoms with Crippen LogP contribution in [-0.4, -0.2) is 6.03 Å². The Morgan fingerprint density at radius 3 is 2.43 bits per heavy atom. The molecule has 2 aromatic carbocycles. The van der Waals surface area contributed by atoms with E-state index in [2.05, 4.69) is 26.6 Å². The van der Waals surface area contributed by atoms with Crippen LogP contribution < -0.4 is 16.4 Å². The van der Waals surface area contributed by atoms with Gasteiger partial charge in [-0.25, -0.2) is 9.18 Å². The van der Waals surface area contributed by atoms with Crippen molar-refractivity contribution >= 4 is 33.3 Å². The van der Waals surface area contributed by atoms with Gasteiger partial charge in [-0.05, 0) is 42.8 Å². The molecule has 1 atom stereocenters. The van der Waals surface area contributed by atoms with Crippen molar-refractivity contribution in [1.82, 2.24) is 0 Å². The minimum absolute atomic E-state index is 0.0651. The zero-order valence-corrected chi connectivity index (χ0v) is 12.9. The molecule has 110 valence electrons. The van der Waals surface area contributed by atoms with Crippen molar-refractivity contribution < 1.29 is 9.18 Å². The maximum absolute atomic E-state index is 13.6. The number of carbonyl (C=O) groups excluding carboxylic acids is 1. The first-order valence-electron chi connectivity index (χ1n) is 6.34. The number of hydrogen-bond donors (Lipinski definition) is 3. The third kappa shape index (κ3) is 4.27. The molecule has 2 amide bonds. The molecule has 21 heavy (non-hydrogen) atoms. The van der Waals surface area contributed by atoms with Crippen molar-refractivity contribution in [2.24, 2.45) is 5.73 Å². The predicted molar refractivity (Wildman–Crippen MR) is 85.8 cm³/mol. The average Bonchev–Trinajstić information content (AvgIpc) is 2.42. The van der Waals surface area contributed by atoms with E-state index >= 15 is 0 Å². The molecular weight excluding hydrogens is 337 g/mol. The summed E-state index contributed by atoms with van der Waals surface area (Å²) in [6.07, 6.45) is 0. The average molecular weight is 352 g/mol. The normalized spacial score (nSPS) is 11.8. The van der Waals surface area contributed by atoms with E-state index in [1.54, 1.807) is 18.2 Å². The molecule has 0 bridgehead atoms. The van der Waals surface area contributed by atoms with Gasteiger partial charge in [0.1, 0.15) is 5.82 Å². The maximum atomic E-state index is 13.6. The summed E-state index contributed by atoms with van der Waals surface area (Å²) in [5.74, 6) is -0.508. The summed E-state index contributed by atoms with van der Waals surface area (Å²) in [6.45, 7) is 1.88. The van der Waals surface area contributed by atoms with Gasteiger partial charge in [0, 0.05) is 16.2 Å². The number of nitrogens with one attached hydrogen (secondary N) is 2. The number of rotatable bonds is 3. The fourth-order valence-electron chi connectivity index (χ4n) is 1.75. The molecule has 0 fully saturated rings. The number of carbonyl (C=O) groups is 1. The SMILES string of the molecule is CC(N)c1ccc(NC(=O)Nc2ccc(Br)cc2F)cc1. The smallest absolute Gasteiger partial charge is 0.323 e. The molecule has 4 N–H and O–H groups in total. The standard InChI is InChI=1S/C15H15BrFN3O/c1-9(18)10-2-5-12(6-3-10)19-15(21)20-14-7-4-11(16)8-13(14)17/h2-9H,18H2,1H3,(H2,19,20,21). The monoisotopic (exact) mass is 351 g/mol. The Morgan fingerprint density at radius 2 is 1.86 bits per heavy atom. The van der Waals surface area contributed by atoms with Crippen LogP contribution in [-0.2, 0) is 0 Å². The molecule has 2 aromatic rings. The van der Waals surface area contributed by atoms with Gasteiger partial charge in [0.05, 0.1) is 5.69 Å². The van der Waals surface area contributed by atoms with Crippen LogP contribution in [0.3, 0.4) is 0 Å². The van der Waals surface area contributed by atoms with Crippen molar-refractivity contribution in [3.63, 3.8) is 0 Å². The number of halogens is 2. The number of urea groups is 1. The summed E-state index contributed by atoms with van der Waals surface area (Å²) >= 11 is 3.16. The van der Waals surface area contributed by atoms with Gasteiger partial charge in [-0.2, -0.15) is 0 Å². The lowest BCUT2D eigenvalue weighted by atomic mass is 10.1. The van der Waals surface area contributed by atoms with E-state index in [9.17, 15) is 9.18 Å². The van der Waals surface area contributed by atoms with Gasteiger partial charge >= 0.3 is 6.03 Å². The molecule has 0 aliphatic heterocycles. The molecule has 0 radical (unpaired) electrons. The van der Waals surface area contributed by atoms with E-state index in [-0.39, 0.29) is 11.7 Å². The highest BCUT2D eigenvalue weighted by Gasteiger charge is 2.08. The lowest BCUT2D eigenvalue weighted by Gasteiger charge is -2.10. The van der Waals surface area contributed by atoms with Gasteiger partial charge in [-0.3, -0.25) is 0 Å². The van der Waals surface area contributed by atoms with Crippen LogP contribution in [0.1, 0.15) is 18.5 Å². The van der Waals surface area contributed by atoms with Gasteiger partial charge in [-0.1, -0.05) is 28.1 Å². The van der Waals surface area contributed by atoms with Gasteiger partial charge in [-0.15, -0.1) is 0 Å². The van der Waals surface area contributed by atoms with Crippen LogP contribution in [0.5, 0.6) is 0 Å². The number of anilines is 2. The zero-order chi connectivity index (χ0) is 15.4. The van der Waals surface area contributed by atoms with Crippen molar-refractivity contribution in [3.05, 3.63) is 58.3 Å². The molecule has 6 heteroatoms. The molecule has 1 unspecified atom stereocenters. The first-order valence-corrected chi connectivity index (χ1v) is 7.13. The van der Waals surface area contributed by atoms with Crippen LogP contribution in [0.2, 0.25) is 0 Å². The molecule has 4 nitrogen and oxygen atoms in total. The summed E-state index contributed by atoms with van der Waals surface area (Å²) < 4.78 is 14.2. The Balaban J connectivity index is 2.01. The lowest BCUT2D eigenvalue weighted by molar-refractivity contribution is 0.262. The van der Waals surface area contributed by atoms with Crippen LogP contribution in [0.4, 0.5) is 20.6 Å². The molecule has 0 aromatic heterocycles. The molecule has 0 heterocycles. The summed E-state index contributed by atoms with van der Waals surface area (Å²) in [7, 11) is 0. The molecule has 0 aliphatic rings. The fraction of sp³-hybridized carbons (Fsp3) is 0.133. The van der Waals surface area contributed by atoms with Gasteiger partial charge < -0.3 is 16.4 Å². The quantitative estimate of drug-likeness (QED) is 0.773. The van der Waals surface area contributed by atoms with Crippen molar-refractivity contribution in [2.75, 3.05) is 10.6 Å². The van der Waals surface area contributed by atoms with Crippen molar-refractivity contribution in [2.45, 2.75) is 13.0 Å². The van der Waals surface area contributed by atoms with Crippen molar-refractivity contribution in [3.8, 4) is 0 Å². The largest absolute Gasteiger partial charge is 0.324 e. The van der Waals surface area contributed by atoms with E-state index < -0.39 is 11.8 Å². The Hall–Kier alpha value is -1.92. The number of amides is 2. The third-order valence-electron chi connectivity index (χ3n) is 2.87. The summed E-state index contributed by atoms with van der Waals surface area (Å²) in [5, 5.41) is 5.08. The van der Waals surface area contributed by atoms with E-state index in [0.29, 0.717) is 10.2 Å². The van der Waals surface area contributed by atoms with Gasteiger partial charge in [0.2, 0.25) is 0 Å². The molecule has 0 spiro atoms. The Bertz CT molecular complexity index is 644. The molecular formula is C15H15BrFN3O. The maximum Gasteiger partial charge on any atom is 0.323 e. The summed E-state index contributed by atoms with van der Waals surface area (Å²) in [4.78, 5) is 11.8. The van der Waals surface area contributed by atoms with E-state index in [1.165, 1.54) is 12.1 Å². The second-order valence-electron chi connectivity index (χ2n) is 4.61. The van der Waals surface area contributed by atoms with Gasteiger partial charge in [0.15, 0.2) is 0 Å². The first-order chi connectivity index (χ1) is 9.95. The number of benzene rings is 2. The zero-order valence-electron chi connectivity index (χ0n) is 11.4. The van der Waals surface area contributed by atoms with Crippen LogP contribution >= 0.6 is 15.9 Å². The van der Waals surface area contributed by atoms with Crippen LogP contribution in [0, 0.1) is 5.82 Å². The van der Waals surface area contributed by atoms with E-state index in [4.69, 9.17) is 5.73 Å². The summed E-state index contributed by atoms with van der Waals surface area (Å²) in [5.41, 5.74) is 7.44. The first kappa shape index (κ1) is 15.5. The van der Waals surface area contributed by atoms with Gasteiger partial charge in [0.25, 0.3) is 0 Å². The highest BCUT2D eigenvalue weighted by atomic mass is 79.9. The van der Waals surface area contributed by atoms with Crippen molar-refractivity contribution in [1.29, 1.82) is 0 Å². The van der Waals surface area contributed by atoms with Crippen LogP contribution in [0.25, 0.3) is 0 Å². The Labute approximate surface area is 130 Å². The second kappa shape index (κ2) is 6.69. The second-order valence-corrected chi connectivity index (χ2v) is 5.53. The lowest BCUT2D eigenvalue weighted by Crippen LogP contribution is -2.20. The molecule has 0 saturated carbocycles. The van der Waals surface area contributed by atoms with E-state index in [0.717, 1.165) is 5.56 Å². The Morgan fingerprint density at radius 1 is 1.19 bits per heavy atom. The predicted octanol–water partition coefficient (Wildman–Crippen LogP) is 4.25. The fourth-order valence-corrected chi connectivity index (χ4v) is 2.08. The van der Waals surface area contributed by atoms with Crippen LogP contribution in [0.15, 0.2) is 46.9 Å². The topological polar surface area (TPSA) is 67.1 Å². The minimum atomic E-state index is -0.509. The third-order valence-corrected chi connectivity index (χ3v) is 3.37. The molecule has 0 saturated heterocycles. The number of nitrogens with two attached hydrogens (primary N) is 1. The highest BCUT2D eigenvalue weighted by molar-refractivity contribution is 9.10. The Kier molecular flexibility index (Phi) is 4.93. The minimum Gasteiger partial charge on any atom is -0.324 e. The van der Waals surface area contributed by atoms with E-state index in [1.807, 2.05) is 19.1 Å².